The molecule has 0 unspecified atom stereocenters. The van der Waals surface area contributed by atoms with E-state index in [9.17, 15) is 14.0 Å². The van der Waals surface area contributed by atoms with Gasteiger partial charge in [0.25, 0.3) is 0 Å². The molecule has 2 aromatic heterocycles. The Morgan fingerprint density at radius 1 is 1.38 bits per heavy atom. The molecule has 26 heavy (non-hydrogen) atoms. The van der Waals surface area contributed by atoms with Crippen LogP contribution in [0.1, 0.15) is 24.4 Å². The number of halogens is 2. The Bertz CT molecular complexity index is 1040. The maximum absolute atomic E-state index is 13.8. The quantitative estimate of drug-likeness (QED) is 0.739. The summed E-state index contributed by atoms with van der Waals surface area (Å²) in [5.74, 6) is -0.645. The van der Waals surface area contributed by atoms with Crippen molar-refractivity contribution in [2.45, 2.75) is 25.4 Å². The van der Waals surface area contributed by atoms with Crippen molar-refractivity contribution in [1.82, 2.24) is 24.7 Å². The zero-order valence-corrected chi connectivity index (χ0v) is 14.4. The molecule has 1 aliphatic rings. The van der Waals surface area contributed by atoms with E-state index < -0.39 is 11.5 Å². The van der Waals surface area contributed by atoms with Gasteiger partial charge in [-0.05, 0) is 48.6 Å². The Hall–Kier alpha value is -2.74. The molecule has 1 saturated carbocycles. The molecule has 0 radical (unpaired) electrons. The molecule has 1 aliphatic carbocycles. The monoisotopic (exact) mass is 375 g/mol. The van der Waals surface area contributed by atoms with Crippen LogP contribution in [0.2, 0.25) is 5.02 Å². The maximum Gasteiger partial charge on any atom is 0.367 e. The number of nitrogens with one attached hydrogen (secondary N) is 1. The first kappa shape index (κ1) is 16.7. The predicted molar refractivity (Wildman–Crippen MR) is 92.3 cm³/mol. The van der Waals surface area contributed by atoms with Gasteiger partial charge >= 0.3 is 5.69 Å². The van der Waals surface area contributed by atoms with Gasteiger partial charge in [-0.1, -0.05) is 17.7 Å². The van der Waals surface area contributed by atoms with Crippen molar-refractivity contribution in [3.8, 4) is 0 Å². The number of nitrogens with zero attached hydrogens (tertiary/aromatic N) is 4. The number of amides is 1. The van der Waals surface area contributed by atoms with Crippen LogP contribution in [0.15, 0.2) is 41.3 Å². The number of hydrogen-bond acceptors (Lipinski definition) is 4. The largest absolute Gasteiger partial charge is 0.367 e. The molecule has 1 aromatic carbocycles. The molecule has 1 atom stereocenters. The van der Waals surface area contributed by atoms with E-state index in [0.29, 0.717) is 11.2 Å². The van der Waals surface area contributed by atoms with Crippen molar-refractivity contribution >= 4 is 23.2 Å². The Morgan fingerprint density at radius 2 is 2.19 bits per heavy atom. The molecule has 3 aromatic rings. The van der Waals surface area contributed by atoms with Crippen LogP contribution in [0.3, 0.4) is 0 Å². The van der Waals surface area contributed by atoms with Gasteiger partial charge in [0.15, 0.2) is 5.65 Å². The highest BCUT2D eigenvalue weighted by Gasteiger charge is 2.34. The lowest BCUT2D eigenvalue weighted by Gasteiger charge is -2.19. The van der Waals surface area contributed by atoms with Gasteiger partial charge in [-0.25, -0.2) is 13.9 Å². The minimum Gasteiger partial charge on any atom is -0.347 e. The summed E-state index contributed by atoms with van der Waals surface area (Å²) in [6, 6.07) is 7.49. The topological polar surface area (TPSA) is 81.3 Å². The van der Waals surface area contributed by atoms with Crippen LogP contribution in [0.5, 0.6) is 0 Å². The summed E-state index contributed by atoms with van der Waals surface area (Å²) in [7, 11) is 0. The Labute approximate surface area is 152 Å². The normalized spacial score (nSPS) is 15.2. The van der Waals surface area contributed by atoms with Crippen molar-refractivity contribution in [2.75, 3.05) is 0 Å². The fourth-order valence-corrected chi connectivity index (χ4v) is 3.05. The summed E-state index contributed by atoms with van der Waals surface area (Å²) in [4.78, 5) is 24.7. The number of rotatable bonds is 5. The molecule has 0 bridgehead atoms. The summed E-state index contributed by atoms with van der Waals surface area (Å²) in [6.45, 7) is -0.235. The van der Waals surface area contributed by atoms with Gasteiger partial charge in [0, 0.05) is 6.20 Å². The molecule has 1 amide bonds. The zero-order valence-electron chi connectivity index (χ0n) is 13.6. The molecule has 7 nitrogen and oxygen atoms in total. The van der Waals surface area contributed by atoms with Crippen LogP contribution >= 0.6 is 11.6 Å². The zero-order chi connectivity index (χ0) is 18.3. The lowest BCUT2D eigenvalue weighted by Crippen LogP contribution is -2.36. The second kappa shape index (κ2) is 6.53. The minimum absolute atomic E-state index is 0.0402. The van der Waals surface area contributed by atoms with E-state index in [1.807, 2.05) is 0 Å². The second-order valence-electron chi connectivity index (χ2n) is 6.29. The summed E-state index contributed by atoms with van der Waals surface area (Å²) in [6.07, 6.45) is 3.37. The number of carbonyl (C=O) groups excluding carboxylic acids is 1. The third-order valence-corrected chi connectivity index (χ3v) is 4.67. The average molecular weight is 376 g/mol. The Balaban J connectivity index is 1.54. The van der Waals surface area contributed by atoms with Crippen molar-refractivity contribution in [3.05, 3.63) is 63.4 Å². The molecule has 0 aliphatic heterocycles. The van der Waals surface area contributed by atoms with Crippen LogP contribution in [-0.4, -0.2) is 25.3 Å². The first-order valence-electron chi connectivity index (χ1n) is 8.18. The smallest absolute Gasteiger partial charge is 0.347 e. The molecule has 0 saturated heterocycles. The summed E-state index contributed by atoms with van der Waals surface area (Å²) in [5.41, 5.74) is 0.534. The van der Waals surface area contributed by atoms with Gasteiger partial charge < -0.3 is 5.32 Å². The molecule has 9 heteroatoms. The van der Waals surface area contributed by atoms with Crippen molar-refractivity contribution < 1.29 is 9.18 Å². The van der Waals surface area contributed by atoms with Crippen LogP contribution in [0, 0.1) is 11.7 Å². The Kier molecular flexibility index (Phi) is 4.20. The van der Waals surface area contributed by atoms with E-state index >= 15 is 0 Å². The lowest BCUT2D eigenvalue weighted by atomic mass is 10.0. The number of carbonyl (C=O) groups is 1. The van der Waals surface area contributed by atoms with Crippen molar-refractivity contribution in [1.29, 1.82) is 0 Å². The summed E-state index contributed by atoms with van der Waals surface area (Å²) < 4.78 is 16.0. The molecular weight excluding hydrogens is 361 g/mol. The molecular formula is C17H15ClFN5O2. The number of benzene rings is 1. The maximum atomic E-state index is 13.8. The van der Waals surface area contributed by atoms with E-state index in [1.54, 1.807) is 18.2 Å². The van der Waals surface area contributed by atoms with Crippen molar-refractivity contribution in [3.63, 3.8) is 0 Å². The molecule has 0 spiro atoms. The van der Waals surface area contributed by atoms with E-state index in [2.05, 4.69) is 15.5 Å². The first-order valence-corrected chi connectivity index (χ1v) is 8.56. The van der Waals surface area contributed by atoms with Gasteiger partial charge in [0.2, 0.25) is 5.91 Å². The molecule has 4 rings (SSSR count). The Morgan fingerprint density at radius 3 is 2.88 bits per heavy atom. The number of hydrogen-bond donors (Lipinski definition) is 1. The van der Waals surface area contributed by atoms with Crippen LogP contribution < -0.4 is 11.0 Å². The molecule has 2 heterocycles. The van der Waals surface area contributed by atoms with E-state index in [4.69, 9.17) is 11.6 Å². The third-order valence-electron chi connectivity index (χ3n) is 4.36. The predicted octanol–water partition coefficient (Wildman–Crippen LogP) is 1.95. The fraction of sp³-hybridized carbons (Fsp3) is 0.294. The van der Waals surface area contributed by atoms with Gasteiger partial charge in [-0.2, -0.15) is 9.61 Å². The van der Waals surface area contributed by atoms with E-state index in [1.165, 1.54) is 18.3 Å². The summed E-state index contributed by atoms with van der Waals surface area (Å²) >= 11 is 5.73. The standard InChI is InChI=1S/C17H15ClFN5O2/c18-12-6-5-11(8-13(12)19)16(10-3-4-10)21-15(25)9-23-17(26)24-14(22-23)2-1-7-20-24/h1-2,5-8,10,16H,3-4,9H2,(H,21,25)/t16-/m0/s1. The van der Waals surface area contributed by atoms with Gasteiger partial charge in [0.1, 0.15) is 12.4 Å². The molecule has 1 N–H and O–H groups in total. The van der Waals surface area contributed by atoms with E-state index in [-0.39, 0.29) is 29.4 Å². The number of fused-ring (bicyclic) bond motifs is 1. The van der Waals surface area contributed by atoms with Gasteiger partial charge in [-0.3, -0.25) is 4.79 Å². The highest BCUT2D eigenvalue weighted by molar-refractivity contribution is 6.30. The number of aromatic nitrogens is 4. The molecule has 134 valence electrons. The summed E-state index contributed by atoms with van der Waals surface area (Å²) in [5, 5.41) is 10.9. The molecule has 1 fully saturated rings. The SMILES string of the molecule is O=C(Cn1nc2cccnn2c1=O)N[C@H](c1ccc(Cl)c(F)c1)C1CC1. The second-order valence-corrected chi connectivity index (χ2v) is 6.70. The first-order chi connectivity index (χ1) is 12.5. The fourth-order valence-electron chi connectivity index (χ4n) is 2.93. The minimum atomic E-state index is -0.522. The van der Waals surface area contributed by atoms with Gasteiger partial charge in [0.05, 0.1) is 11.1 Å². The van der Waals surface area contributed by atoms with Crippen LogP contribution in [0.4, 0.5) is 4.39 Å². The highest BCUT2D eigenvalue weighted by Crippen LogP contribution is 2.41. The third kappa shape index (κ3) is 3.20. The van der Waals surface area contributed by atoms with Crippen LogP contribution in [0.25, 0.3) is 5.65 Å². The van der Waals surface area contributed by atoms with Crippen LogP contribution in [-0.2, 0) is 11.3 Å². The van der Waals surface area contributed by atoms with Crippen molar-refractivity contribution in [2.24, 2.45) is 5.92 Å². The average Bonchev–Trinajstić information content (AvgIpc) is 3.42. The lowest BCUT2D eigenvalue weighted by molar-refractivity contribution is -0.122. The van der Waals surface area contributed by atoms with Gasteiger partial charge in [-0.15, -0.1) is 5.10 Å². The highest BCUT2D eigenvalue weighted by atomic mass is 35.5. The van der Waals surface area contributed by atoms with E-state index in [0.717, 1.165) is 22.0 Å².